The van der Waals surface area contributed by atoms with Crippen LogP contribution in [0.25, 0.3) is 55.1 Å². The molecular weight excluding hydrogens is 610 g/mol. The molecule has 3 fully saturated rings. The van der Waals surface area contributed by atoms with Crippen molar-refractivity contribution in [1.29, 1.82) is 5.26 Å². The van der Waals surface area contributed by atoms with Crippen molar-refractivity contribution in [3.63, 3.8) is 0 Å². The van der Waals surface area contributed by atoms with E-state index in [1.807, 2.05) is 37.3 Å². The second kappa shape index (κ2) is 11.4. The highest BCUT2D eigenvalue weighted by atomic mass is 19.1. The number of aromatic hydroxyl groups is 1. The van der Waals surface area contributed by atoms with E-state index in [9.17, 15) is 15.2 Å². The van der Waals surface area contributed by atoms with Crippen LogP contribution >= 0.6 is 0 Å². The van der Waals surface area contributed by atoms with Gasteiger partial charge in [-0.2, -0.15) is 5.26 Å². The fourth-order valence-corrected chi connectivity index (χ4v) is 7.82. The van der Waals surface area contributed by atoms with Gasteiger partial charge in [0.1, 0.15) is 34.1 Å². The molecule has 3 aliphatic rings. The summed E-state index contributed by atoms with van der Waals surface area (Å²) in [6, 6.07) is 19.0. The number of halogens is 2. The molecular formula is C38H32F2N6O2. The topological polar surface area (TPSA) is 116 Å². The van der Waals surface area contributed by atoms with Crippen molar-refractivity contribution in [2.75, 3.05) is 13.6 Å². The van der Waals surface area contributed by atoms with Gasteiger partial charge in [-0.15, -0.1) is 0 Å². The number of hydrogen-bond donors (Lipinski definition) is 3. The van der Waals surface area contributed by atoms with E-state index < -0.39 is 17.5 Å². The van der Waals surface area contributed by atoms with Crippen molar-refractivity contribution in [3.8, 4) is 34.2 Å². The average molecular weight is 643 g/mol. The number of hydrogen-bond acceptors (Lipinski definition) is 6. The Bertz CT molecular complexity index is 2350. The maximum absolute atomic E-state index is 17.5. The number of fused-ring (bicyclic) bond motifs is 5. The first kappa shape index (κ1) is 30.0. The van der Waals surface area contributed by atoms with Gasteiger partial charge < -0.3 is 20.3 Å². The summed E-state index contributed by atoms with van der Waals surface area (Å²) in [5.74, 6) is -0.504. The minimum Gasteiger partial charge on any atom is -0.508 e. The highest BCUT2D eigenvalue weighted by molar-refractivity contribution is 6.11. The lowest BCUT2D eigenvalue weighted by atomic mass is 9.79. The number of benzene rings is 4. The quantitative estimate of drug-likeness (QED) is 0.173. The number of nitrogens with one attached hydrogen (secondary N) is 2. The highest BCUT2D eigenvalue weighted by Gasteiger charge is 2.49. The highest BCUT2D eigenvalue weighted by Crippen LogP contribution is 2.49. The number of imidazole rings is 1. The van der Waals surface area contributed by atoms with Gasteiger partial charge in [-0.05, 0) is 77.1 Å². The van der Waals surface area contributed by atoms with Gasteiger partial charge in [-0.3, -0.25) is 4.79 Å². The zero-order valence-corrected chi connectivity index (χ0v) is 26.4. The number of carbonyl (C=O) groups is 1. The van der Waals surface area contributed by atoms with Gasteiger partial charge in [-0.25, -0.2) is 18.7 Å². The molecule has 8 nitrogen and oxygen atoms in total. The first-order valence-corrected chi connectivity index (χ1v) is 16.2. The molecule has 2 aliphatic heterocycles. The molecule has 3 N–H and O–H groups in total. The van der Waals surface area contributed by atoms with Crippen LogP contribution in [0.2, 0.25) is 0 Å². The SMILES string of the molecule is CCc1nc2c(-c3cc(C(=O)NC)ccc3F)nc3c(F)c(-c4cc(O)cc5ccccc45)c(CCC#N)cc3c2n1C1C2CNC1C2. The maximum atomic E-state index is 17.5. The molecule has 1 aliphatic carbocycles. The number of nitrogens with zero attached hydrogens (tertiary/aromatic N) is 4. The first-order valence-electron chi connectivity index (χ1n) is 16.2. The number of rotatable bonds is 7. The average Bonchev–Trinajstić information content (AvgIpc) is 3.83. The molecule has 2 saturated heterocycles. The Morgan fingerprint density at radius 2 is 1.92 bits per heavy atom. The van der Waals surface area contributed by atoms with Gasteiger partial charge in [0.15, 0.2) is 5.82 Å². The Morgan fingerprint density at radius 1 is 1.08 bits per heavy atom. The second-order valence-corrected chi connectivity index (χ2v) is 12.7. The molecule has 4 aromatic carbocycles. The van der Waals surface area contributed by atoms with E-state index in [4.69, 9.17) is 9.97 Å². The Hall–Kier alpha value is -5.40. The molecule has 2 aromatic heterocycles. The summed E-state index contributed by atoms with van der Waals surface area (Å²) >= 11 is 0. The Morgan fingerprint density at radius 3 is 2.65 bits per heavy atom. The van der Waals surface area contributed by atoms with Crippen LogP contribution in [0.5, 0.6) is 5.75 Å². The summed E-state index contributed by atoms with van der Waals surface area (Å²) in [6.07, 6.45) is 2.03. The van der Waals surface area contributed by atoms with Gasteiger partial charge in [0.2, 0.25) is 0 Å². The zero-order valence-electron chi connectivity index (χ0n) is 26.4. The molecule has 0 radical (unpaired) electrons. The standard InChI is InChI=1S/C38H32F2N6O2/c1-3-30-44-35-34(26-15-21(38(48)42-2)10-11-28(26)39)45-33-27(37(35)46(30)36-22-16-29(36)43-18-22)14-20(8-6-12-41)31(32(33)40)25-17-23(47)13-19-7-4-5-9-24(19)25/h4-5,7,9-11,13-15,17,22,29,36,43,47H,3,6,8,16,18H2,1-2H3,(H,42,48). The summed E-state index contributed by atoms with van der Waals surface area (Å²) < 4.78 is 35.5. The van der Waals surface area contributed by atoms with Crippen molar-refractivity contribution >= 4 is 38.6 Å². The normalized spacial score (nSPS) is 18.4. The largest absolute Gasteiger partial charge is 0.508 e. The predicted molar refractivity (Wildman–Crippen MR) is 181 cm³/mol. The summed E-state index contributed by atoms with van der Waals surface area (Å²) in [7, 11) is 1.50. The van der Waals surface area contributed by atoms with E-state index in [2.05, 4.69) is 21.3 Å². The number of phenols is 1. The third-order valence-electron chi connectivity index (χ3n) is 10.1. The third kappa shape index (κ3) is 4.45. The van der Waals surface area contributed by atoms with E-state index in [1.54, 1.807) is 6.07 Å². The minimum atomic E-state index is -0.636. The summed E-state index contributed by atoms with van der Waals surface area (Å²) in [6.45, 7) is 2.88. The van der Waals surface area contributed by atoms with E-state index in [0.29, 0.717) is 39.9 Å². The lowest BCUT2D eigenvalue weighted by Crippen LogP contribution is -2.39. The van der Waals surface area contributed by atoms with Crippen molar-refractivity contribution in [1.82, 2.24) is 25.2 Å². The van der Waals surface area contributed by atoms with Crippen molar-refractivity contribution in [2.45, 2.75) is 44.7 Å². The Kier molecular flexibility index (Phi) is 7.11. The van der Waals surface area contributed by atoms with Gasteiger partial charge >= 0.3 is 0 Å². The van der Waals surface area contributed by atoms with Crippen LogP contribution in [-0.2, 0) is 12.8 Å². The minimum absolute atomic E-state index is 0.0220. The monoisotopic (exact) mass is 642 g/mol. The number of aromatic nitrogens is 3. The fourth-order valence-electron chi connectivity index (χ4n) is 7.82. The van der Waals surface area contributed by atoms with E-state index >= 15 is 8.78 Å². The molecule has 10 heteroatoms. The molecule has 240 valence electrons. The van der Waals surface area contributed by atoms with Crippen LogP contribution < -0.4 is 10.6 Å². The Balaban J connectivity index is 1.53. The number of pyridine rings is 1. The smallest absolute Gasteiger partial charge is 0.251 e. The number of nitriles is 1. The molecule has 0 spiro atoms. The maximum Gasteiger partial charge on any atom is 0.251 e. The van der Waals surface area contributed by atoms with Crippen LogP contribution in [0.1, 0.15) is 47.6 Å². The van der Waals surface area contributed by atoms with Crippen LogP contribution in [0.15, 0.2) is 60.7 Å². The molecule has 2 bridgehead atoms. The van der Waals surface area contributed by atoms with Crippen molar-refractivity contribution < 1.29 is 18.7 Å². The van der Waals surface area contributed by atoms with Crippen molar-refractivity contribution in [2.24, 2.45) is 5.92 Å². The lowest BCUT2D eigenvalue weighted by molar-refractivity contribution is 0.0963. The molecule has 4 heterocycles. The molecule has 6 aromatic rings. The van der Waals surface area contributed by atoms with Gasteiger partial charge in [0.25, 0.3) is 5.91 Å². The van der Waals surface area contributed by atoms with Gasteiger partial charge in [0.05, 0.1) is 17.6 Å². The van der Waals surface area contributed by atoms with Gasteiger partial charge in [0, 0.05) is 54.6 Å². The molecule has 3 unspecified atom stereocenters. The van der Waals surface area contributed by atoms with Crippen LogP contribution in [0.4, 0.5) is 8.78 Å². The molecule has 1 amide bonds. The first-order chi connectivity index (χ1) is 23.3. The number of aryl methyl sites for hydroxylation is 2. The van der Waals surface area contributed by atoms with Crippen LogP contribution in [0.3, 0.4) is 0 Å². The summed E-state index contributed by atoms with van der Waals surface area (Å²) in [4.78, 5) is 22.5. The predicted octanol–water partition coefficient (Wildman–Crippen LogP) is 6.97. The summed E-state index contributed by atoms with van der Waals surface area (Å²) in [5, 5.41) is 28.5. The third-order valence-corrected chi connectivity index (χ3v) is 10.1. The Labute approximate surface area is 275 Å². The van der Waals surface area contributed by atoms with Crippen molar-refractivity contribution in [3.05, 3.63) is 89.2 Å². The van der Waals surface area contributed by atoms with E-state index in [-0.39, 0.29) is 58.6 Å². The number of amides is 1. The van der Waals surface area contributed by atoms with Gasteiger partial charge in [-0.1, -0.05) is 31.2 Å². The molecule has 48 heavy (non-hydrogen) atoms. The lowest BCUT2D eigenvalue weighted by Gasteiger charge is -2.37. The second-order valence-electron chi connectivity index (χ2n) is 12.7. The fraction of sp³-hybridized carbons (Fsp3) is 0.263. The van der Waals surface area contributed by atoms with Crippen LogP contribution in [0, 0.1) is 28.9 Å². The van der Waals surface area contributed by atoms with E-state index in [1.165, 1.54) is 31.3 Å². The molecule has 3 atom stereocenters. The number of carbonyl (C=O) groups excluding carboxylic acids is 1. The zero-order chi connectivity index (χ0) is 33.3. The molecule has 1 saturated carbocycles. The molecule has 9 rings (SSSR count). The van der Waals surface area contributed by atoms with Crippen LogP contribution in [-0.4, -0.2) is 45.2 Å². The summed E-state index contributed by atoms with van der Waals surface area (Å²) in [5.41, 5.74) is 2.83. The van der Waals surface area contributed by atoms with E-state index in [0.717, 1.165) is 29.6 Å². The number of phenolic OH excluding ortho intramolecular Hbond substituents is 1.